The Kier molecular flexibility index (Phi) is 2.93. The molecule has 0 saturated carbocycles. The maximum atomic E-state index is 10.6. The van der Waals surface area contributed by atoms with E-state index in [0.717, 1.165) is 4.31 Å². The van der Waals surface area contributed by atoms with Crippen LogP contribution in [0.15, 0.2) is 4.40 Å². The summed E-state index contributed by atoms with van der Waals surface area (Å²) in [5, 5.41) is 1.77. The Balaban J connectivity index is 4.62. The summed E-state index contributed by atoms with van der Waals surface area (Å²) in [5.41, 5.74) is 0. The lowest BCUT2D eigenvalue weighted by molar-refractivity contribution is 0.523. The van der Waals surface area contributed by atoms with Crippen LogP contribution in [0, 0.1) is 0 Å². The SMILES string of the molecule is CN(C)S(=O)(=O)N=C=S. The first-order valence-corrected chi connectivity index (χ1v) is 3.83. The van der Waals surface area contributed by atoms with E-state index in [-0.39, 0.29) is 0 Å². The molecule has 0 bridgehead atoms. The van der Waals surface area contributed by atoms with Crippen molar-refractivity contribution in [2.75, 3.05) is 14.1 Å². The number of hydrogen-bond acceptors (Lipinski definition) is 3. The van der Waals surface area contributed by atoms with Gasteiger partial charge in [-0.25, -0.2) is 0 Å². The summed E-state index contributed by atoms with van der Waals surface area (Å²) >= 11 is 4.10. The average Bonchev–Trinajstić information content (AvgIpc) is 1.65. The van der Waals surface area contributed by atoms with Gasteiger partial charge >= 0.3 is 10.2 Å². The van der Waals surface area contributed by atoms with E-state index in [1.807, 2.05) is 0 Å². The van der Waals surface area contributed by atoms with E-state index >= 15 is 0 Å². The monoisotopic (exact) mass is 166 g/mol. The van der Waals surface area contributed by atoms with Crippen molar-refractivity contribution in [3.05, 3.63) is 0 Å². The fourth-order valence-corrected chi connectivity index (χ4v) is 0.669. The second kappa shape index (κ2) is 3.03. The van der Waals surface area contributed by atoms with Crippen molar-refractivity contribution in [1.29, 1.82) is 0 Å². The Morgan fingerprint density at radius 2 is 2.00 bits per heavy atom. The highest BCUT2D eigenvalue weighted by atomic mass is 32.2. The highest BCUT2D eigenvalue weighted by molar-refractivity contribution is 7.88. The highest BCUT2D eigenvalue weighted by Crippen LogP contribution is 1.92. The largest absolute Gasteiger partial charge is 0.330 e. The lowest BCUT2D eigenvalue weighted by atomic mass is 11.3. The van der Waals surface area contributed by atoms with Crippen LogP contribution in [0.4, 0.5) is 0 Å². The summed E-state index contributed by atoms with van der Waals surface area (Å²) in [5.74, 6) is 0. The normalized spacial score (nSPS) is 11.0. The molecule has 9 heavy (non-hydrogen) atoms. The smallest absolute Gasteiger partial charge is 0.188 e. The molecule has 52 valence electrons. The van der Waals surface area contributed by atoms with Crippen LogP contribution < -0.4 is 0 Å². The summed E-state index contributed by atoms with van der Waals surface area (Å²) in [6.45, 7) is 0. The number of nitrogens with zero attached hydrogens (tertiary/aromatic N) is 2. The number of isothiocyanates is 1. The summed E-state index contributed by atoms with van der Waals surface area (Å²) in [6, 6.07) is 0. The molecule has 0 fully saturated rings. The van der Waals surface area contributed by atoms with E-state index in [1.165, 1.54) is 14.1 Å². The van der Waals surface area contributed by atoms with E-state index in [2.05, 4.69) is 16.6 Å². The second-order valence-corrected chi connectivity index (χ2v) is 3.43. The van der Waals surface area contributed by atoms with Crippen molar-refractivity contribution in [3.8, 4) is 0 Å². The van der Waals surface area contributed by atoms with E-state index in [1.54, 1.807) is 5.16 Å². The molecule has 0 rings (SSSR count). The van der Waals surface area contributed by atoms with Gasteiger partial charge < -0.3 is 0 Å². The Labute approximate surface area is 59.4 Å². The van der Waals surface area contributed by atoms with E-state index < -0.39 is 10.2 Å². The van der Waals surface area contributed by atoms with Crippen molar-refractivity contribution in [2.45, 2.75) is 0 Å². The predicted molar refractivity (Wildman–Crippen MR) is 37.6 cm³/mol. The van der Waals surface area contributed by atoms with Gasteiger partial charge in [0.05, 0.1) is 5.16 Å². The second-order valence-electron chi connectivity index (χ2n) is 1.44. The van der Waals surface area contributed by atoms with E-state index in [4.69, 9.17) is 0 Å². The van der Waals surface area contributed by atoms with Gasteiger partial charge in [0, 0.05) is 14.1 Å². The molecule has 0 N–H and O–H groups in total. The van der Waals surface area contributed by atoms with Gasteiger partial charge in [0.15, 0.2) is 0 Å². The third-order valence-electron chi connectivity index (χ3n) is 0.614. The quantitative estimate of drug-likeness (QED) is 0.425. The zero-order chi connectivity index (χ0) is 7.49. The fourth-order valence-electron chi connectivity index (χ4n) is 0.129. The molecule has 0 aliphatic rings. The van der Waals surface area contributed by atoms with Crippen LogP contribution in [0.2, 0.25) is 0 Å². The van der Waals surface area contributed by atoms with Gasteiger partial charge in [0.2, 0.25) is 0 Å². The zero-order valence-corrected chi connectivity index (χ0v) is 6.66. The van der Waals surface area contributed by atoms with Crippen molar-refractivity contribution in [3.63, 3.8) is 0 Å². The molecule has 4 nitrogen and oxygen atoms in total. The Morgan fingerprint density at radius 3 is 2.11 bits per heavy atom. The fraction of sp³-hybridized carbons (Fsp3) is 0.667. The minimum absolute atomic E-state index is 0.951. The zero-order valence-electron chi connectivity index (χ0n) is 5.03. The molecule has 6 heteroatoms. The average molecular weight is 166 g/mol. The molecule has 0 heterocycles. The first kappa shape index (κ1) is 8.71. The molecular formula is C3H6N2O2S2. The Hall–Kier alpha value is -0.290. The van der Waals surface area contributed by atoms with Gasteiger partial charge in [-0.1, -0.05) is 4.40 Å². The van der Waals surface area contributed by atoms with Crippen molar-refractivity contribution in [1.82, 2.24) is 4.31 Å². The lowest BCUT2D eigenvalue weighted by Gasteiger charge is -2.01. The third kappa shape index (κ3) is 2.67. The van der Waals surface area contributed by atoms with Crippen LogP contribution in [0.1, 0.15) is 0 Å². The van der Waals surface area contributed by atoms with Gasteiger partial charge in [-0.05, 0) is 12.2 Å². The maximum absolute atomic E-state index is 10.6. The van der Waals surface area contributed by atoms with Gasteiger partial charge in [0.1, 0.15) is 0 Å². The standard InChI is InChI=1S/C3H6N2O2S2/c1-5(2)9(6,7)4-3-8/h1-2H3. The molecule has 0 atom stereocenters. The Morgan fingerprint density at radius 1 is 1.56 bits per heavy atom. The highest BCUT2D eigenvalue weighted by Gasteiger charge is 2.08. The predicted octanol–water partition coefficient (Wildman–Crippen LogP) is -0.104. The van der Waals surface area contributed by atoms with Crippen molar-refractivity contribution < 1.29 is 8.42 Å². The number of rotatable bonds is 2. The van der Waals surface area contributed by atoms with Gasteiger partial charge in [-0.2, -0.15) is 12.7 Å². The van der Waals surface area contributed by atoms with Crippen molar-refractivity contribution in [2.24, 2.45) is 4.40 Å². The van der Waals surface area contributed by atoms with Crippen LogP contribution in [0.25, 0.3) is 0 Å². The van der Waals surface area contributed by atoms with Gasteiger partial charge in [-0.15, -0.1) is 0 Å². The molecule has 0 saturated heterocycles. The summed E-state index contributed by atoms with van der Waals surface area (Å²) in [6.07, 6.45) is 0. The molecule has 0 spiro atoms. The molecule has 0 radical (unpaired) electrons. The molecule has 0 aliphatic carbocycles. The van der Waals surface area contributed by atoms with Gasteiger partial charge in [-0.3, -0.25) is 0 Å². The van der Waals surface area contributed by atoms with Crippen molar-refractivity contribution >= 4 is 27.6 Å². The van der Waals surface area contributed by atoms with Crippen LogP contribution in [-0.4, -0.2) is 32.0 Å². The minimum Gasteiger partial charge on any atom is -0.188 e. The topological polar surface area (TPSA) is 49.7 Å². The van der Waals surface area contributed by atoms with Crippen LogP contribution in [0.3, 0.4) is 0 Å². The van der Waals surface area contributed by atoms with Crippen LogP contribution in [0.5, 0.6) is 0 Å². The molecule has 0 amide bonds. The molecule has 0 aromatic carbocycles. The molecule has 0 aliphatic heterocycles. The summed E-state index contributed by atoms with van der Waals surface area (Å²) in [7, 11) is -0.772. The summed E-state index contributed by atoms with van der Waals surface area (Å²) in [4.78, 5) is 0. The Bertz CT molecular complexity index is 224. The first-order chi connectivity index (χ1) is 4.00. The van der Waals surface area contributed by atoms with Crippen LogP contribution >= 0.6 is 12.2 Å². The molecule has 0 aromatic rings. The summed E-state index contributed by atoms with van der Waals surface area (Å²) < 4.78 is 25.0. The number of hydrogen-bond donors (Lipinski definition) is 0. The third-order valence-corrected chi connectivity index (χ3v) is 2.07. The molecule has 0 aromatic heterocycles. The van der Waals surface area contributed by atoms with Crippen LogP contribution in [-0.2, 0) is 10.2 Å². The maximum Gasteiger partial charge on any atom is 0.330 e. The van der Waals surface area contributed by atoms with E-state index in [9.17, 15) is 8.42 Å². The molecular weight excluding hydrogens is 160 g/mol. The first-order valence-electron chi connectivity index (χ1n) is 2.02. The number of thiocarbonyl (C=S) groups is 1. The van der Waals surface area contributed by atoms with E-state index in [0.29, 0.717) is 0 Å². The minimum atomic E-state index is -3.51. The lowest BCUT2D eigenvalue weighted by Crippen LogP contribution is -2.19. The van der Waals surface area contributed by atoms with Gasteiger partial charge in [0.25, 0.3) is 0 Å². The molecule has 0 unspecified atom stereocenters.